The highest BCUT2D eigenvalue weighted by Gasteiger charge is 2.31. The number of hydrogen-bond acceptors (Lipinski definition) is 5. The van der Waals surface area contributed by atoms with Crippen LogP contribution < -0.4 is 4.72 Å². The molecule has 2 aromatic carbocycles. The molecule has 1 unspecified atom stereocenters. The SMILES string of the molecule is CCC(CO)NS(=O)(=O)c1ccc2c(c1)C(=O)c1ccccc1C2=O. The van der Waals surface area contributed by atoms with E-state index in [1.54, 1.807) is 31.2 Å². The number of ketones is 2. The second kappa shape index (κ2) is 6.51. The minimum atomic E-state index is -3.91. The van der Waals surface area contributed by atoms with Gasteiger partial charge in [0.2, 0.25) is 10.0 Å². The second-order valence-electron chi connectivity index (χ2n) is 5.82. The fourth-order valence-corrected chi connectivity index (χ4v) is 4.12. The molecule has 1 aliphatic rings. The van der Waals surface area contributed by atoms with Crippen LogP contribution in [0.3, 0.4) is 0 Å². The lowest BCUT2D eigenvalue weighted by Gasteiger charge is -2.19. The van der Waals surface area contributed by atoms with Crippen molar-refractivity contribution in [1.29, 1.82) is 0 Å². The Kier molecular flexibility index (Phi) is 4.55. The Balaban J connectivity index is 2.06. The van der Waals surface area contributed by atoms with Gasteiger partial charge in [-0.1, -0.05) is 31.2 Å². The summed E-state index contributed by atoms with van der Waals surface area (Å²) in [5.41, 5.74) is 0.852. The van der Waals surface area contributed by atoms with Crippen molar-refractivity contribution in [3.63, 3.8) is 0 Å². The average molecular weight is 359 g/mol. The molecule has 0 saturated carbocycles. The zero-order valence-electron chi connectivity index (χ0n) is 13.5. The van der Waals surface area contributed by atoms with E-state index in [1.807, 2.05) is 0 Å². The van der Waals surface area contributed by atoms with E-state index in [-0.39, 0.29) is 39.8 Å². The van der Waals surface area contributed by atoms with Crippen LogP contribution in [0.5, 0.6) is 0 Å². The topological polar surface area (TPSA) is 101 Å². The van der Waals surface area contributed by atoms with E-state index >= 15 is 0 Å². The van der Waals surface area contributed by atoms with Gasteiger partial charge in [-0.05, 0) is 24.6 Å². The Morgan fingerprint density at radius 2 is 1.52 bits per heavy atom. The molecule has 0 heterocycles. The van der Waals surface area contributed by atoms with E-state index in [2.05, 4.69) is 4.72 Å². The first-order valence-electron chi connectivity index (χ1n) is 7.84. The molecule has 6 nitrogen and oxygen atoms in total. The summed E-state index contributed by atoms with van der Waals surface area (Å²) in [4.78, 5) is 25.1. The number of fused-ring (bicyclic) bond motifs is 2. The largest absolute Gasteiger partial charge is 0.395 e. The second-order valence-corrected chi connectivity index (χ2v) is 7.53. The van der Waals surface area contributed by atoms with Crippen LogP contribution in [-0.2, 0) is 10.0 Å². The molecule has 0 radical (unpaired) electrons. The fraction of sp³-hybridized carbons (Fsp3) is 0.222. The number of benzene rings is 2. The smallest absolute Gasteiger partial charge is 0.240 e. The molecule has 0 spiro atoms. The maximum absolute atomic E-state index is 12.7. The minimum Gasteiger partial charge on any atom is -0.395 e. The van der Waals surface area contributed by atoms with Gasteiger partial charge in [-0.2, -0.15) is 0 Å². The fourth-order valence-electron chi connectivity index (χ4n) is 2.78. The molecule has 0 bridgehead atoms. The van der Waals surface area contributed by atoms with E-state index in [0.717, 1.165) is 0 Å². The summed E-state index contributed by atoms with van der Waals surface area (Å²) >= 11 is 0. The van der Waals surface area contributed by atoms with Crippen molar-refractivity contribution in [2.75, 3.05) is 6.61 Å². The third kappa shape index (κ3) is 3.02. The Morgan fingerprint density at radius 3 is 2.08 bits per heavy atom. The summed E-state index contributed by atoms with van der Waals surface area (Å²) in [6.07, 6.45) is 0.422. The van der Waals surface area contributed by atoms with Crippen molar-refractivity contribution in [2.45, 2.75) is 24.3 Å². The molecular formula is C18H17NO5S. The number of hydrogen-bond donors (Lipinski definition) is 2. The molecule has 2 N–H and O–H groups in total. The maximum Gasteiger partial charge on any atom is 0.240 e. The van der Waals surface area contributed by atoms with Crippen molar-refractivity contribution in [1.82, 2.24) is 4.72 Å². The van der Waals surface area contributed by atoms with Gasteiger partial charge >= 0.3 is 0 Å². The summed E-state index contributed by atoms with van der Waals surface area (Å²) in [7, 11) is -3.91. The van der Waals surface area contributed by atoms with Gasteiger partial charge in [-0.15, -0.1) is 0 Å². The zero-order valence-corrected chi connectivity index (χ0v) is 14.3. The van der Waals surface area contributed by atoms with Crippen molar-refractivity contribution in [3.05, 3.63) is 64.7 Å². The van der Waals surface area contributed by atoms with E-state index in [0.29, 0.717) is 12.0 Å². The van der Waals surface area contributed by atoms with Crippen LogP contribution in [0.1, 0.15) is 45.2 Å². The van der Waals surface area contributed by atoms with Gasteiger partial charge in [0.1, 0.15) is 0 Å². The highest BCUT2D eigenvalue weighted by molar-refractivity contribution is 7.89. The molecule has 7 heteroatoms. The lowest BCUT2D eigenvalue weighted by Crippen LogP contribution is -2.37. The van der Waals surface area contributed by atoms with Gasteiger partial charge in [0.15, 0.2) is 11.6 Å². The normalized spacial score (nSPS) is 14.8. The van der Waals surface area contributed by atoms with Gasteiger partial charge in [0, 0.05) is 28.3 Å². The Morgan fingerprint density at radius 1 is 0.960 bits per heavy atom. The van der Waals surface area contributed by atoms with Gasteiger partial charge in [-0.25, -0.2) is 13.1 Å². The third-order valence-electron chi connectivity index (χ3n) is 4.24. The molecule has 130 valence electrons. The summed E-state index contributed by atoms with van der Waals surface area (Å²) in [5.74, 6) is -0.680. The van der Waals surface area contributed by atoms with Crippen molar-refractivity contribution in [3.8, 4) is 0 Å². The summed E-state index contributed by atoms with van der Waals surface area (Å²) in [6.45, 7) is 1.42. The standard InChI is InChI=1S/C18H17NO5S/c1-2-11(10-20)19-25(23,24)12-7-8-15-16(9-12)18(22)14-6-4-3-5-13(14)17(15)21/h3-9,11,19-20H,2,10H2,1H3. The van der Waals surface area contributed by atoms with Crippen LogP contribution in [0.15, 0.2) is 47.4 Å². The number of aliphatic hydroxyl groups excluding tert-OH is 1. The first-order chi connectivity index (χ1) is 11.9. The molecule has 0 amide bonds. The molecule has 0 aliphatic heterocycles. The van der Waals surface area contributed by atoms with Gasteiger partial charge in [0.25, 0.3) is 0 Å². The predicted octanol–water partition coefficient (Wildman–Crippen LogP) is 1.51. The first kappa shape index (κ1) is 17.5. The van der Waals surface area contributed by atoms with Crippen LogP contribution in [0, 0.1) is 0 Å². The van der Waals surface area contributed by atoms with Crippen LogP contribution in [0.2, 0.25) is 0 Å². The van der Waals surface area contributed by atoms with E-state index in [4.69, 9.17) is 0 Å². The Labute approximate surface area is 145 Å². The number of nitrogens with one attached hydrogen (secondary N) is 1. The van der Waals surface area contributed by atoms with Crippen LogP contribution in [0.4, 0.5) is 0 Å². The highest BCUT2D eigenvalue weighted by Crippen LogP contribution is 2.28. The van der Waals surface area contributed by atoms with E-state index < -0.39 is 16.1 Å². The molecule has 1 atom stereocenters. The Bertz CT molecular complexity index is 961. The molecule has 25 heavy (non-hydrogen) atoms. The predicted molar refractivity (Wildman–Crippen MR) is 91.2 cm³/mol. The number of carbonyl (C=O) groups is 2. The van der Waals surface area contributed by atoms with E-state index in [9.17, 15) is 23.1 Å². The maximum atomic E-state index is 12.7. The molecule has 1 aliphatic carbocycles. The summed E-state index contributed by atoms with van der Waals surface area (Å²) < 4.78 is 27.3. The van der Waals surface area contributed by atoms with Crippen molar-refractivity contribution < 1.29 is 23.1 Å². The molecule has 0 fully saturated rings. The van der Waals surface area contributed by atoms with Crippen molar-refractivity contribution in [2.24, 2.45) is 0 Å². The molecule has 3 rings (SSSR count). The molecule has 2 aromatic rings. The van der Waals surface area contributed by atoms with Crippen LogP contribution in [0.25, 0.3) is 0 Å². The molecular weight excluding hydrogens is 342 g/mol. The lowest BCUT2D eigenvalue weighted by atomic mass is 9.84. The third-order valence-corrected chi connectivity index (χ3v) is 5.76. The monoisotopic (exact) mass is 359 g/mol. The summed E-state index contributed by atoms with van der Waals surface area (Å²) in [6, 6.07) is 9.73. The van der Waals surface area contributed by atoms with Gasteiger partial charge < -0.3 is 5.11 Å². The quantitative estimate of drug-likeness (QED) is 0.719. The van der Waals surface area contributed by atoms with Crippen LogP contribution >= 0.6 is 0 Å². The number of carbonyl (C=O) groups excluding carboxylic acids is 2. The summed E-state index contributed by atoms with van der Waals surface area (Å²) in [5, 5.41) is 9.19. The average Bonchev–Trinajstić information content (AvgIpc) is 2.63. The van der Waals surface area contributed by atoms with E-state index in [1.165, 1.54) is 18.2 Å². The highest BCUT2D eigenvalue weighted by atomic mass is 32.2. The number of rotatable bonds is 5. The Hall–Kier alpha value is -2.35. The molecule has 0 aromatic heterocycles. The molecule has 0 saturated heterocycles. The minimum absolute atomic E-state index is 0.0728. The van der Waals surface area contributed by atoms with Crippen LogP contribution in [-0.4, -0.2) is 37.7 Å². The van der Waals surface area contributed by atoms with Gasteiger partial charge in [0.05, 0.1) is 11.5 Å². The number of sulfonamides is 1. The van der Waals surface area contributed by atoms with Crippen molar-refractivity contribution >= 4 is 21.6 Å². The number of aliphatic hydroxyl groups is 1. The zero-order chi connectivity index (χ0) is 18.2. The van der Waals surface area contributed by atoms with Gasteiger partial charge in [-0.3, -0.25) is 9.59 Å². The lowest BCUT2D eigenvalue weighted by molar-refractivity contribution is 0.0979. The first-order valence-corrected chi connectivity index (χ1v) is 9.33.